The first-order valence-electron chi connectivity index (χ1n) is 8.26. The van der Waals surface area contributed by atoms with Crippen LogP contribution in [0.3, 0.4) is 0 Å². The first-order valence-corrected chi connectivity index (χ1v) is 8.26. The number of halogens is 1. The molecule has 25 heavy (non-hydrogen) atoms. The Bertz CT molecular complexity index is 890. The highest BCUT2D eigenvalue weighted by molar-refractivity contribution is 5.83. The average Bonchev–Trinajstić information content (AvgIpc) is 3.07. The summed E-state index contributed by atoms with van der Waals surface area (Å²) in [4.78, 5) is 13.2. The second kappa shape index (κ2) is 6.36. The molecule has 7 nitrogen and oxygen atoms in total. The first kappa shape index (κ1) is 15.9. The van der Waals surface area contributed by atoms with Crippen molar-refractivity contribution in [3.8, 4) is 17.1 Å². The summed E-state index contributed by atoms with van der Waals surface area (Å²) in [6.45, 7) is 1.07. The SMILES string of the molecule is Cn1cc(-c2cc3nccnc3c(OCC3(F)CCCNC3)n2)cn1. The lowest BCUT2D eigenvalue weighted by atomic mass is 9.97. The van der Waals surface area contributed by atoms with E-state index in [9.17, 15) is 4.39 Å². The van der Waals surface area contributed by atoms with Crippen LogP contribution < -0.4 is 10.1 Å². The Balaban J connectivity index is 1.68. The van der Waals surface area contributed by atoms with Gasteiger partial charge in [-0.3, -0.25) is 9.67 Å². The number of alkyl halides is 1. The molecule has 8 heteroatoms. The smallest absolute Gasteiger partial charge is 0.242 e. The van der Waals surface area contributed by atoms with E-state index in [0.29, 0.717) is 35.6 Å². The van der Waals surface area contributed by atoms with Crippen LogP contribution in [0.5, 0.6) is 5.88 Å². The summed E-state index contributed by atoms with van der Waals surface area (Å²) in [6.07, 6.45) is 8.04. The standard InChI is InChI=1S/C17H19FN6O/c1-24-9-12(8-22-24)13-7-14-15(21-6-5-20-14)16(23-13)25-11-17(18)3-2-4-19-10-17/h5-9,19H,2-4,10-11H2,1H3. The number of hydrogen-bond acceptors (Lipinski definition) is 6. The number of pyridine rings is 1. The lowest BCUT2D eigenvalue weighted by molar-refractivity contribution is 0.0580. The van der Waals surface area contributed by atoms with Crippen LogP contribution in [-0.2, 0) is 7.05 Å². The molecule has 1 N–H and O–H groups in total. The highest BCUT2D eigenvalue weighted by Gasteiger charge is 2.33. The molecular formula is C17H19FN6O. The van der Waals surface area contributed by atoms with Gasteiger partial charge in [-0.1, -0.05) is 0 Å². The van der Waals surface area contributed by atoms with Gasteiger partial charge in [0, 0.05) is 37.7 Å². The minimum absolute atomic E-state index is 0.0603. The van der Waals surface area contributed by atoms with E-state index < -0.39 is 5.67 Å². The predicted octanol–water partition coefficient (Wildman–Crippen LogP) is 1.90. The number of aromatic nitrogens is 5. The summed E-state index contributed by atoms with van der Waals surface area (Å²) >= 11 is 0. The Morgan fingerprint density at radius 2 is 2.24 bits per heavy atom. The van der Waals surface area contributed by atoms with Crippen molar-refractivity contribution in [2.75, 3.05) is 19.7 Å². The Kier molecular flexibility index (Phi) is 4.04. The average molecular weight is 342 g/mol. The fourth-order valence-corrected chi connectivity index (χ4v) is 3.00. The molecule has 1 atom stereocenters. The van der Waals surface area contributed by atoms with Gasteiger partial charge in [0.2, 0.25) is 5.88 Å². The number of hydrogen-bond donors (Lipinski definition) is 1. The van der Waals surface area contributed by atoms with Crippen molar-refractivity contribution >= 4 is 11.0 Å². The van der Waals surface area contributed by atoms with Crippen LogP contribution in [0.15, 0.2) is 30.9 Å². The summed E-state index contributed by atoms with van der Waals surface area (Å²) in [5, 5.41) is 7.24. The fraction of sp³-hybridized carbons (Fsp3) is 0.412. The monoisotopic (exact) mass is 342 g/mol. The van der Waals surface area contributed by atoms with Crippen LogP contribution in [-0.4, -0.2) is 50.1 Å². The van der Waals surface area contributed by atoms with Gasteiger partial charge < -0.3 is 10.1 Å². The fourth-order valence-electron chi connectivity index (χ4n) is 3.00. The molecule has 3 aromatic rings. The van der Waals surface area contributed by atoms with Crippen molar-refractivity contribution in [3.63, 3.8) is 0 Å². The molecule has 0 spiro atoms. The molecule has 1 unspecified atom stereocenters. The third-order valence-electron chi connectivity index (χ3n) is 4.31. The van der Waals surface area contributed by atoms with Crippen LogP contribution in [0, 0.1) is 0 Å². The van der Waals surface area contributed by atoms with Gasteiger partial charge in [0.25, 0.3) is 0 Å². The largest absolute Gasteiger partial charge is 0.473 e. The lowest BCUT2D eigenvalue weighted by Gasteiger charge is -2.29. The minimum Gasteiger partial charge on any atom is -0.473 e. The molecule has 130 valence electrons. The number of nitrogens with one attached hydrogen (secondary N) is 1. The quantitative estimate of drug-likeness (QED) is 0.780. The molecule has 0 saturated carbocycles. The molecular weight excluding hydrogens is 323 g/mol. The zero-order valence-corrected chi connectivity index (χ0v) is 13.9. The number of ether oxygens (including phenoxy) is 1. The molecule has 4 heterocycles. The summed E-state index contributed by atoms with van der Waals surface area (Å²) in [7, 11) is 1.84. The molecule has 0 aliphatic carbocycles. The number of piperidine rings is 1. The summed E-state index contributed by atoms with van der Waals surface area (Å²) in [6, 6.07) is 1.83. The van der Waals surface area contributed by atoms with E-state index in [1.54, 1.807) is 23.3 Å². The van der Waals surface area contributed by atoms with Crippen LogP contribution in [0.1, 0.15) is 12.8 Å². The van der Waals surface area contributed by atoms with E-state index in [-0.39, 0.29) is 6.61 Å². The highest BCUT2D eigenvalue weighted by Crippen LogP contribution is 2.28. The molecule has 0 aromatic carbocycles. The molecule has 1 aliphatic rings. The van der Waals surface area contributed by atoms with E-state index >= 15 is 0 Å². The molecule has 0 radical (unpaired) electrons. The Labute approximate surface area is 144 Å². The minimum atomic E-state index is -1.39. The number of aryl methyl sites for hydroxylation is 1. The predicted molar refractivity (Wildman–Crippen MR) is 91.0 cm³/mol. The zero-order valence-electron chi connectivity index (χ0n) is 13.9. The maximum absolute atomic E-state index is 14.8. The Morgan fingerprint density at radius 1 is 1.36 bits per heavy atom. The Morgan fingerprint density at radius 3 is 3.00 bits per heavy atom. The van der Waals surface area contributed by atoms with E-state index in [1.807, 2.05) is 19.3 Å². The van der Waals surface area contributed by atoms with Crippen LogP contribution in [0.25, 0.3) is 22.3 Å². The molecule has 1 saturated heterocycles. The second-order valence-corrected chi connectivity index (χ2v) is 6.36. The lowest BCUT2D eigenvalue weighted by Crippen LogP contribution is -2.46. The van der Waals surface area contributed by atoms with Crippen molar-refractivity contribution in [1.82, 2.24) is 30.0 Å². The highest BCUT2D eigenvalue weighted by atomic mass is 19.1. The summed E-state index contributed by atoms with van der Waals surface area (Å²) < 4.78 is 22.3. The first-order chi connectivity index (χ1) is 12.1. The maximum Gasteiger partial charge on any atom is 0.242 e. The molecule has 1 fully saturated rings. The van der Waals surface area contributed by atoms with E-state index in [4.69, 9.17) is 4.74 Å². The van der Waals surface area contributed by atoms with Crippen LogP contribution >= 0.6 is 0 Å². The number of rotatable bonds is 4. The topological polar surface area (TPSA) is 77.8 Å². The van der Waals surface area contributed by atoms with Crippen LogP contribution in [0.2, 0.25) is 0 Å². The third kappa shape index (κ3) is 3.30. The van der Waals surface area contributed by atoms with Gasteiger partial charge in [0.05, 0.1) is 17.4 Å². The normalized spacial score (nSPS) is 20.7. The third-order valence-corrected chi connectivity index (χ3v) is 4.31. The van der Waals surface area contributed by atoms with E-state index in [0.717, 1.165) is 18.5 Å². The van der Waals surface area contributed by atoms with Gasteiger partial charge in [-0.2, -0.15) is 5.10 Å². The van der Waals surface area contributed by atoms with Crippen molar-refractivity contribution < 1.29 is 9.13 Å². The van der Waals surface area contributed by atoms with E-state index in [1.165, 1.54) is 0 Å². The molecule has 1 aliphatic heterocycles. The van der Waals surface area contributed by atoms with Gasteiger partial charge in [0.1, 0.15) is 6.61 Å². The van der Waals surface area contributed by atoms with Gasteiger partial charge in [-0.05, 0) is 25.5 Å². The molecule has 0 bridgehead atoms. The van der Waals surface area contributed by atoms with E-state index in [2.05, 4.69) is 25.4 Å². The zero-order chi connectivity index (χ0) is 17.3. The van der Waals surface area contributed by atoms with Crippen molar-refractivity contribution in [2.24, 2.45) is 7.05 Å². The maximum atomic E-state index is 14.8. The summed E-state index contributed by atoms with van der Waals surface area (Å²) in [5.74, 6) is 0.298. The molecule has 0 amide bonds. The van der Waals surface area contributed by atoms with Gasteiger partial charge in [0.15, 0.2) is 11.2 Å². The van der Waals surface area contributed by atoms with Gasteiger partial charge in [-0.15, -0.1) is 0 Å². The van der Waals surface area contributed by atoms with Crippen LogP contribution in [0.4, 0.5) is 4.39 Å². The number of nitrogens with zero attached hydrogens (tertiary/aromatic N) is 5. The molecule has 3 aromatic heterocycles. The Hall–Kier alpha value is -2.61. The van der Waals surface area contributed by atoms with Crippen molar-refractivity contribution in [3.05, 3.63) is 30.9 Å². The van der Waals surface area contributed by atoms with Gasteiger partial charge >= 0.3 is 0 Å². The molecule has 4 rings (SSSR count). The van der Waals surface area contributed by atoms with Crippen molar-refractivity contribution in [2.45, 2.75) is 18.5 Å². The van der Waals surface area contributed by atoms with Gasteiger partial charge in [-0.25, -0.2) is 14.4 Å². The summed E-state index contributed by atoms with van der Waals surface area (Å²) in [5.41, 5.74) is 1.31. The number of fused-ring (bicyclic) bond motifs is 1. The van der Waals surface area contributed by atoms with Crippen molar-refractivity contribution in [1.29, 1.82) is 0 Å². The second-order valence-electron chi connectivity index (χ2n) is 6.36.